The van der Waals surface area contributed by atoms with Crippen LogP contribution in [-0.2, 0) is 4.79 Å². The average Bonchev–Trinajstić information content (AvgIpc) is 2.37. The molecule has 0 radical (unpaired) electrons. The molecule has 1 aromatic carbocycles. The summed E-state index contributed by atoms with van der Waals surface area (Å²) in [6.07, 6.45) is 0. The maximum Gasteiger partial charge on any atom is 0.256 e. The number of halogens is 2. The number of fused-ring (bicyclic) bond motifs is 1. The average molecular weight is 300 g/mol. The Hall–Kier alpha value is -0.730. The Morgan fingerprint density at radius 2 is 1.84 bits per heavy atom. The molecule has 2 unspecified atom stereocenters. The quantitative estimate of drug-likeness (QED) is 0.752. The summed E-state index contributed by atoms with van der Waals surface area (Å²) in [4.78, 5) is 13.1. The van der Waals surface area contributed by atoms with E-state index in [9.17, 15) is 4.79 Å². The molecule has 1 amide bonds. The molecule has 1 aromatic rings. The fraction of sp³-hybridized carbons (Fsp3) is 0.533. The topological polar surface area (TPSA) is 20.3 Å². The van der Waals surface area contributed by atoms with Crippen LogP contribution in [0.4, 0.5) is 0 Å². The van der Waals surface area contributed by atoms with E-state index in [0.717, 1.165) is 0 Å². The van der Waals surface area contributed by atoms with Crippen molar-refractivity contribution in [3.8, 4) is 0 Å². The van der Waals surface area contributed by atoms with Crippen LogP contribution in [0.25, 0.3) is 0 Å². The number of nitrogens with zero attached hydrogens (tertiary/aromatic N) is 1. The van der Waals surface area contributed by atoms with Crippen LogP contribution in [0.5, 0.6) is 0 Å². The summed E-state index contributed by atoms with van der Waals surface area (Å²) in [6.45, 7) is 7.05. The Kier molecular flexibility index (Phi) is 4.42. The van der Waals surface area contributed by atoms with Gasteiger partial charge in [-0.15, -0.1) is 0 Å². The molecule has 0 N–H and O–H groups in total. The van der Waals surface area contributed by atoms with Gasteiger partial charge in [0.05, 0.1) is 6.04 Å². The number of alkyl halides is 2. The third-order valence-corrected chi connectivity index (χ3v) is 4.13. The Morgan fingerprint density at radius 1 is 1.26 bits per heavy atom. The Bertz CT molecular complexity index is 473. The minimum absolute atomic E-state index is 0.0555. The highest BCUT2D eigenvalue weighted by atomic mass is 35.5. The van der Waals surface area contributed by atoms with Gasteiger partial charge < -0.3 is 4.90 Å². The van der Waals surface area contributed by atoms with E-state index in [0.29, 0.717) is 18.4 Å². The minimum atomic E-state index is -0.987. The lowest BCUT2D eigenvalue weighted by Crippen LogP contribution is -2.45. The first-order chi connectivity index (χ1) is 8.93. The molecule has 1 aliphatic rings. The largest absolute Gasteiger partial charge is 0.332 e. The van der Waals surface area contributed by atoms with Crippen LogP contribution < -0.4 is 0 Å². The molecule has 19 heavy (non-hydrogen) atoms. The van der Waals surface area contributed by atoms with E-state index in [1.807, 2.05) is 11.0 Å². The molecule has 0 fully saturated rings. The first-order valence-corrected chi connectivity index (χ1v) is 7.48. The summed E-state index contributed by atoms with van der Waals surface area (Å²) < 4.78 is 0. The van der Waals surface area contributed by atoms with E-state index in [1.54, 1.807) is 0 Å². The van der Waals surface area contributed by atoms with Crippen LogP contribution in [0, 0.1) is 5.92 Å². The normalized spacial score (nSPS) is 22.8. The molecular formula is C15H19Cl2NO. The highest BCUT2D eigenvalue weighted by Gasteiger charge is 2.37. The summed E-state index contributed by atoms with van der Waals surface area (Å²) >= 11 is 11.6. The van der Waals surface area contributed by atoms with Gasteiger partial charge in [0.1, 0.15) is 0 Å². The number of amides is 1. The predicted molar refractivity (Wildman–Crippen MR) is 79.6 cm³/mol. The second-order valence-electron chi connectivity index (χ2n) is 5.51. The van der Waals surface area contributed by atoms with Crippen molar-refractivity contribution in [3.63, 3.8) is 0 Å². The molecule has 0 saturated carbocycles. The predicted octanol–water partition coefficient (Wildman–Crippen LogP) is 4.13. The maximum atomic E-state index is 12.2. The lowest BCUT2D eigenvalue weighted by atomic mass is 9.82. The van der Waals surface area contributed by atoms with Crippen molar-refractivity contribution in [1.82, 2.24) is 4.90 Å². The van der Waals surface area contributed by atoms with Gasteiger partial charge in [-0.25, -0.2) is 0 Å². The van der Waals surface area contributed by atoms with Crippen LogP contribution in [0.1, 0.15) is 43.9 Å². The molecule has 0 aromatic heterocycles. The highest BCUT2D eigenvalue weighted by Crippen LogP contribution is 2.40. The van der Waals surface area contributed by atoms with Crippen molar-refractivity contribution in [2.24, 2.45) is 5.92 Å². The van der Waals surface area contributed by atoms with Crippen LogP contribution in [-0.4, -0.2) is 22.2 Å². The van der Waals surface area contributed by atoms with Gasteiger partial charge in [0.15, 0.2) is 4.84 Å². The van der Waals surface area contributed by atoms with E-state index >= 15 is 0 Å². The fourth-order valence-electron chi connectivity index (χ4n) is 2.98. The Labute approximate surface area is 124 Å². The number of hydrogen-bond donors (Lipinski definition) is 0. The lowest BCUT2D eigenvalue weighted by Gasteiger charge is -2.42. The van der Waals surface area contributed by atoms with Crippen molar-refractivity contribution in [1.29, 1.82) is 0 Å². The van der Waals surface area contributed by atoms with Crippen molar-refractivity contribution in [2.75, 3.05) is 6.54 Å². The standard InChI is InChI=1S/C15H19Cl2NO/c1-9(2)13-12-7-5-4-6-11(12)10(3)8-18(13)15(19)14(16)17/h4-7,9-10,13-14H,8H2,1-3H3. The molecule has 0 bridgehead atoms. The smallest absolute Gasteiger partial charge is 0.256 e. The lowest BCUT2D eigenvalue weighted by molar-refractivity contribution is -0.133. The fourth-order valence-corrected chi connectivity index (χ4v) is 3.23. The van der Waals surface area contributed by atoms with Gasteiger partial charge in [-0.3, -0.25) is 4.79 Å². The van der Waals surface area contributed by atoms with E-state index in [-0.39, 0.29) is 11.9 Å². The van der Waals surface area contributed by atoms with Gasteiger partial charge in [0.25, 0.3) is 5.91 Å². The van der Waals surface area contributed by atoms with E-state index < -0.39 is 4.84 Å². The number of carbonyl (C=O) groups is 1. The molecule has 0 spiro atoms. The first kappa shape index (κ1) is 14.7. The number of carbonyl (C=O) groups excluding carboxylic acids is 1. The third kappa shape index (κ3) is 2.75. The summed E-state index contributed by atoms with van der Waals surface area (Å²) in [5, 5.41) is 0. The molecule has 0 aliphatic carbocycles. The van der Waals surface area contributed by atoms with Crippen LogP contribution in [0.15, 0.2) is 24.3 Å². The van der Waals surface area contributed by atoms with Gasteiger partial charge >= 0.3 is 0 Å². The zero-order chi connectivity index (χ0) is 14.2. The molecule has 1 heterocycles. The highest BCUT2D eigenvalue weighted by molar-refractivity contribution is 6.53. The number of rotatable bonds is 2. The molecular weight excluding hydrogens is 281 g/mol. The van der Waals surface area contributed by atoms with Crippen molar-refractivity contribution in [3.05, 3.63) is 35.4 Å². The summed E-state index contributed by atoms with van der Waals surface area (Å²) in [7, 11) is 0. The monoisotopic (exact) mass is 299 g/mol. The van der Waals surface area contributed by atoms with Crippen LogP contribution in [0.2, 0.25) is 0 Å². The second-order valence-corrected chi connectivity index (χ2v) is 6.61. The van der Waals surface area contributed by atoms with Crippen LogP contribution >= 0.6 is 23.2 Å². The number of hydrogen-bond acceptors (Lipinski definition) is 1. The summed E-state index contributed by atoms with van der Waals surface area (Å²) in [5.74, 6) is 0.440. The summed E-state index contributed by atoms with van der Waals surface area (Å²) in [6, 6.07) is 8.38. The number of benzene rings is 1. The molecule has 0 saturated heterocycles. The first-order valence-electron chi connectivity index (χ1n) is 6.61. The van der Waals surface area contributed by atoms with Gasteiger partial charge in [-0.2, -0.15) is 0 Å². The van der Waals surface area contributed by atoms with Gasteiger partial charge in [0, 0.05) is 6.54 Å². The zero-order valence-corrected chi connectivity index (χ0v) is 12.9. The second kappa shape index (κ2) is 5.72. The molecule has 2 rings (SSSR count). The van der Waals surface area contributed by atoms with E-state index in [4.69, 9.17) is 23.2 Å². The summed E-state index contributed by atoms with van der Waals surface area (Å²) in [5.41, 5.74) is 2.55. The van der Waals surface area contributed by atoms with E-state index in [1.165, 1.54) is 11.1 Å². The minimum Gasteiger partial charge on any atom is -0.332 e. The third-order valence-electron chi connectivity index (χ3n) is 3.75. The maximum absolute atomic E-state index is 12.2. The van der Waals surface area contributed by atoms with E-state index in [2.05, 4.69) is 39.0 Å². The van der Waals surface area contributed by atoms with Gasteiger partial charge in [-0.05, 0) is 23.0 Å². The van der Waals surface area contributed by atoms with Crippen molar-refractivity contribution in [2.45, 2.75) is 37.6 Å². The van der Waals surface area contributed by atoms with Gasteiger partial charge in [0.2, 0.25) is 0 Å². The van der Waals surface area contributed by atoms with Gasteiger partial charge in [-0.1, -0.05) is 68.2 Å². The molecule has 2 atom stereocenters. The Morgan fingerprint density at radius 3 is 2.37 bits per heavy atom. The molecule has 1 aliphatic heterocycles. The van der Waals surface area contributed by atoms with Crippen molar-refractivity contribution < 1.29 is 4.79 Å². The SMILES string of the molecule is CC1CN(C(=O)C(Cl)Cl)C(C(C)C)c2ccccc21. The van der Waals surface area contributed by atoms with Crippen LogP contribution in [0.3, 0.4) is 0 Å². The Balaban J connectivity index is 2.46. The molecule has 2 nitrogen and oxygen atoms in total. The molecule has 104 valence electrons. The zero-order valence-electron chi connectivity index (χ0n) is 11.4. The van der Waals surface area contributed by atoms with Crippen molar-refractivity contribution >= 4 is 29.1 Å². The molecule has 4 heteroatoms.